The third kappa shape index (κ3) is 3.27. The van der Waals surface area contributed by atoms with Gasteiger partial charge in [-0.3, -0.25) is 14.2 Å². The fourth-order valence-electron chi connectivity index (χ4n) is 1.07. The van der Waals surface area contributed by atoms with E-state index in [0.717, 1.165) is 0 Å². The van der Waals surface area contributed by atoms with Crippen LogP contribution in [-0.4, -0.2) is 29.4 Å². The third-order valence-corrected chi connectivity index (χ3v) is 3.96. The van der Waals surface area contributed by atoms with Crippen molar-refractivity contribution in [2.24, 2.45) is 12.8 Å². The predicted octanol–water partition coefficient (Wildman–Crippen LogP) is -0.726. The number of sulfonamides is 1. The molecule has 0 saturated heterocycles. The zero-order valence-electron chi connectivity index (χ0n) is 9.91. The molecule has 0 spiro atoms. The van der Waals surface area contributed by atoms with Crippen LogP contribution in [0.15, 0.2) is 12.4 Å². The topological polar surface area (TPSA) is 107 Å². The Balaban J connectivity index is 2.79. The molecule has 1 amide bonds. The summed E-state index contributed by atoms with van der Waals surface area (Å²) in [6, 6.07) is -1.04. The quantitative estimate of drug-likeness (QED) is 0.742. The first kappa shape index (κ1) is 13.7. The Bertz CT molecular complexity index is 506. The number of hydrogen-bond donors (Lipinski definition) is 2. The van der Waals surface area contributed by atoms with Crippen LogP contribution in [0, 0.1) is 0 Å². The highest BCUT2D eigenvalue weighted by atomic mass is 32.2. The molecular formula is C9H16N4O3S. The first-order chi connectivity index (χ1) is 7.74. The van der Waals surface area contributed by atoms with Crippen molar-refractivity contribution in [3.8, 4) is 0 Å². The molecule has 0 aliphatic carbocycles. The van der Waals surface area contributed by atoms with Crippen molar-refractivity contribution in [1.29, 1.82) is 0 Å². The van der Waals surface area contributed by atoms with Gasteiger partial charge in [-0.1, -0.05) is 0 Å². The molecule has 3 N–H and O–H groups in total. The van der Waals surface area contributed by atoms with Gasteiger partial charge in [-0.05, 0) is 13.8 Å². The van der Waals surface area contributed by atoms with Crippen LogP contribution in [0.1, 0.15) is 25.5 Å². The number of carbonyl (C=O) groups excluding carboxylic acids is 1. The first-order valence-electron chi connectivity index (χ1n) is 5.03. The molecule has 96 valence electrons. The monoisotopic (exact) mass is 260 g/mol. The molecule has 1 aromatic rings. The van der Waals surface area contributed by atoms with Crippen molar-refractivity contribution < 1.29 is 13.2 Å². The van der Waals surface area contributed by atoms with Gasteiger partial charge in [0.2, 0.25) is 10.0 Å². The highest BCUT2D eigenvalue weighted by molar-refractivity contribution is 7.90. The molecule has 0 bridgehead atoms. The van der Waals surface area contributed by atoms with Crippen LogP contribution >= 0.6 is 0 Å². The summed E-state index contributed by atoms with van der Waals surface area (Å²) in [5.41, 5.74) is 6.09. The Hall–Kier alpha value is -1.41. The third-order valence-electron chi connectivity index (χ3n) is 2.23. The van der Waals surface area contributed by atoms with E-state index in [2.05, 4.69) is 5.10 Å². The lowest BCUT2D eigenvalue weighted by atomic mass is 10.2. The maximum Gasteiger partial charge on any atom is 0.255 e. The van der Waals surface area contributed by atoms with Crippen LogP contribution in [0.5, 0.6) is 0 Å². The minimum absolute atomic E-state index is 0.462. The number of hydrogen-bond acceptors (Lipinski definition) is 5. The Morgan fingerprint density at radius 1 is 1.53 bits per heavy atom. The van der Waals surface area contributed by atoms with Crippen LogP contribution in [0.2, 0.25) is 0 Å². The van der Waals surface area contributed by atoms with E-state index in [1.807, 2.05) is 4.72 Å². The fraction of sp³-hybridized carbons (Fsp3) is 0.556. The van der Waals surface area contributed by atoms with Gasteiger partial charge in [0, 0.05) is 18.8 Å². The summed E-state index contributed by atoms with van der Waals surface area (Å²) in [4.78, 5) is 11.6. The van der Waals surface area contributed by atoms with Gasteiger partial charge in [0.15, 0.2) is 0 Å². The number of nitrogens with two attached hydrogens (primary N) is 1. The predicted molar refractivity (Wildman–Crippen MR) is 62.3 cm³/mol. The highest BCUT2D eigenvalue weighted by Gasteiger charge is 2.24. The SMILES string of the molecule is CC(C)S(=O)(=O)NC(=O)C(N)c1cnn(C)c1. The number of carbonyl (C=O) groups is 1. The molecule has 1 atom stereocenters. The van der Waals surface area contributed by atoms with Crippen LogP contribution in [-0.2, 0) is 21.9 Å². The van der Waals surface area contributed by atoms with E-state index in [1.165, 1.54) is 24.7 Å². The van der Waals surface area contributed by atoms with Crippen LogP contribution < -0.4 is 10.5 Å². The molecule has 17 heavy (non-hydrogen) atoms. The second-order valence-electron chi connectivity index (χ2n) is 3.99. The molecule has 8 heteroatoms. The number of nitrogens with one attached hydrogen (secondary N) is 1. The van der Waals surface area contributed by atoms with Crippen molar-refractivity contribution in [3.05, 3.63) is 18.0 Å². The molecule has 1 aromatic heterocycles. The lowest BCUT2D eigenvalue weighted by molar-refractivity contribution is -0.120. The number of nitrogens with zero attached hydrogens (tertiary/aromatic N) is 2. The van der Waals surface area contributed by atoms with Crippen molar-refractivity contribution >= 4 is 15.9 Å². The molecule has 0 aliphatic heterocycles. The van der Waals surface area contributed by atoms with Gasteiger partial charge in [0.25, 0.3) is 5.91 Å². The summed E-state index contributed by atoms with van der Waals surface area (Å²) in [5.74, 6) is -0.758. The molecule has 0 fully saturated rings. The summed E-state index contributed by atoms with van der Waals surface area (Å²) in [7, 11) is -1.97. The zero-order valence-corrected chi connectivity index (χ0v) is 10.7. The Labute approximate surface area is 100 Å². The first-order valence-corrected chi connectivity index (χ1v) is 6.58. The van der Waals surface area contributed by atoms with E-state index in [9.17, 15) is 13.2 Å². The fourth-order valence-corrected chi connectivity index (χ4v) is 1.72. The largest absolute Gasteiger partial charge is 0.316 e. The van der Waals surface area contributed by atoms with E-state index < -0.39 is 27.2 Å². The standard InChI is InChI=1S/C9H16N4O3S/c1-6(2)17(15,16)12-9(14)8(10)7-4-11-13(3)5-7/h4-6,8H,10H2,1-3H3,(H,12,14). The van der Waals surface area contributed by atoms with Gasteiger partial charge in [-0.15, -0.1) is 0 Å². The molecule has 0 saturated carbocycles. The van der Waals surface area contributed by atoms with Crippen LogP contribution in [0.25, 0.3) is 0 Å². The second kappa shape index (κ2) is 4.84. The van der Waals surface area contributed by atoms with Gasteiger partial charge < -0.3 is 5.73 Å². The molecule has 7 nitrogen and oxygen atoms in total. The molecule has 1 unspecified atom stereocenters. The Kier molecular flexibility index (Phi) is 3.89. The summed E-state index contributed by atoms with van der Waals surface area (Å²) >= 11 is 0. The van der Waals surface area contributed by atoms with Gasteiger partial charge in [-0.25, -0.2) is 8.42 Å². The van der Waals surface area contributed by atoms with Crippen LogP contribution in [0.4, 0.5) is 0 Å². The summed E-state index contributed by atoms with van der Waals surface area (Å²) < 4.78 is 26.4. The van der Waals surface area contributed by atoms with Gasteiger partial charge in [0.1, 0.15) is 6.04 Å². The summed E-state index contributed by atoms with van der Waals surface area (Å²) in [5, 5.41) is 3.17. The minimum Gasteiger partial charge on any atom is -0.316 e. The van der Waals surface area contributed by atoms with Crippen molar-refractivity contribution in [2.75, 3.05) is 0 Å². The molecule has 1 rings (SSSR count). The number of amides is 1. The summed E-state index contributed by atoms with van der Waals surface area (Å²) in [6.45, 7) is 2.95. The second-order valence-corrected chi connectivity index (χ2v) is 6.22. The van der Waals surface area contributed by atoms with Crippen molar-refractivity contribution in [2.45, 2.75) is 25.1 Å². The minimum atomic E-state index is -3.65. The average molecular weight is 260 g/mol. The van der Waals surface area contributed by atoms with E-state index in [1.54, 1.807) is 13.2 Å². The van der Waals surface area contributed by atoms with Gasteiger partial charge in [-0.2, -0.15) is 5.10 Å². The lowest BCUT2D eigenvalue weighted by Crippen LogP contribution is -2.41. The number of rotatable bonds is 4. The van der Waals surface area contributed by atoms with Crippen molar-refractivity contribution in [1.82, 2.24) is 14.5 Å². The molecular weight excluding hydrogens is 244 g/mol. The molecule has 1 heterocycles. The van der Waals surface area contributed by atoms with E-state index in [-0.39, 0.29) is 0 Å². The highest BCUT2D eigenvalue weighted by Crippen LogP contribution is 2.09. The maximum atomic E-state index is 11.6. The normalized spacial score (nSPS) is 13.7. The van der Waals surface area contributed by atoms with E-state index >= 15 is 0 Å². The van der Waals surface area contributed by atoms with Crippen molar-refractivity contribution in [3.63, 3.8) is 0 Å². The van der Waals surface area contributed by atoms with Crippen LogP contribution in [0.3, 0.4) is 0 Å². The number of aromatic nitrogens is 2. The Morgan fingerprint density at radius 2 is 2.12 bits per heavy atom. The molecule has 0 aliphatic rings. The summed E-state index contributed by atoms with van der Waals surface area (Å²) in [6.07, 6.45) is 2.98. The van der Waals surface area contributed by atoms with E-state index in [0.29, 0.717) is 5.56 Å². The zero-order chi connectivity index (χ0) is 13.2. The molecule has 0 aromatic carbocycles. The van der Waals surface area contributed by atoms with E-state index in [4.69, 9.17) is 5.73 Å². The van der Waals surface area contributed by atoms with Gasteiger partial charge >= 0.3 is 0 Å². The lowest BCUT2D eigenvalue weighted by Gasteiger charge is -2.12. The average Bonchev–Trinajstić information content (AvgIpc) is 2.62. The maximum absolute atomic E-state index is 11.6. The van der Waals surface area contributed by atoms with Gasteiger partial charge in [0.05, 0.1) is 11.4 Å². The number of aryl methyl sites for hydroxylation is 1. The molecule has 0 radical (unpaired) electrons. The Morgan fingerprint density at radius 3 is 2.53 bits per heavy atom. The smallest absolute Gasteiger partial charge is 0.255 e.